The van der Waals surface area contributed by atoms with Gasteiger partial charge >= 0.3 is 0 Å². The predicted molar refractivity (Wildman–Crippen MR) is 70.4 cm³/mol. The van der Waals surface area contributed by atoms with Crippen molar-refractivity contribution in [3.05, 3.63) is 0 Å². The van der Waals surface area contributed by atoms with Gasteiger partial charge in [-0.15, -0.1) is 0 Å². The highest BCUT2D eigenvalue weighted by molar-refractivity contribution is 4.72. The minimum Gasteiger partial charge on any atom is -0.384 e. The molecule has 1 rings (SSSR count). The third-order valence-electron chi connectivity index (χ3n) is 3.32. The Bertz CT molecular complexity index is 177. The Kier molecular flexibility index (Phi) is 8.61. The van der Waals surface area contributed by atoms with Crippen molar-refractivity contribution in [1.82, 2.24) is 10.2 Å². The zero-order chi connectivity index (χ0) is 12.3. The zero-order valence-corrected chi connectivity index (χ0v) is 11.4. The van der Waals surface area contributed by atoms with Crippen LogP contribution in [0.3, 0.4) is 0 Å². The van der Waals surface area contributed by atoms with E-state index in [0.717, 1.165) is 32.2 Å². The third kappa shape index (κ3) is 6.99. The molecule has 0 aromatic heterocycles. The van der Waals surface area contributed by atoms with E-state index in [1.54, 1.807) is 14.2 Å². The molecule has 1 aliphatic rings. The second kappa shape index (κ2) is 9.83. The first-order valence-corrected chi connectivity index (χ1v) is 6.77. The van der Waals surface area contributed by atoms with Crippen LogP contribution in [-0.2, 0) is 9.47 Å². The zero-order valence-electron chi connectivity index (χ0n) is 11.4. The van der Waals surface area contributed by atoms with E-state index in [-0.39, 0.29) is 0 Å². The molecule has 0 spiro atoms. The molecule has 102 valence electrons. The number of hydrogen-bond acceptors (Lipinski definition) is 4. The van der Waals surface area contributed by atoms with Gasteiger partial charge in [0.15, 0.2) is 0 Å². The second-order valence-corrected chi connectivity index (χ2v) is 4.86. The minimum atomic E-state index is 0.746. The molecule has 0 aliphatic carbocycles. The summed E-state index contributed by atoms with van der Waals surface area (Å²) >= 11 is 0. The number of piperidine rings is 1. The highest BCUT2D eigenvalue weighted by Gasteiger charge is 2.18. The quantitative estimate of drug-likeness (QED) is 0.613. The summed E-state index contributed by atoms with van der Waals surface area (Å²) in [6, 6.07) is 0. The summed E-state index contributed by atoms with van der Waals surface area (Å²) in [6.07, 6.45) is 3.88. The molecule has 4 nitrogen and oxygen atoms in total. The third-order valence-corrected chi connectivity index (χ3v) is 3.32. The van der Waals surface area contributed by atoms with Gasteiger partial charge in [0.1, 0.15) is 0 Å². The van der Waals surface area contributed by atoms with Gasteiger partial charge in [-0.1, -0.05) is 0 Å². The van der Waals surface area contributed by atoms with Gasteiger partial charge in [0.05, 0.1) is 13.2 Å². The van der Waals surface area contributed by atoms with Crippen LogP contribution in [-0.4, -0.2) is 65.1 Å². The number of rotatable bonds is 9. The standard InChI is InChI=1S/C13H28N2O2/c1-16-10-7-14-6-4-9-15-8-3-5-13(11-15)12-17-2/h13-14H,3-12H2,1-2H3. The minimum absolute atomic E-state index is 0.746. The van der Waals surface area contributed by atoms with Crippen molar-refractivity contribution in [2.24, 2.45) is 5.92 Å². The molecule has 1 fully saturated rings. The van der Waals surface area contributed by atoms with Crippen LogP contribution in [0.25, 0.3) is 0 Å². The van der Waals surface area contributed by atoms with Crippen LogP contribution in [0.1, 0.15) is 19.3 Å². The summed E-state index contributed by atoms with van der Waals surface area (Å²) < 4.78 is 10.2. The second-order valence-electron chi connectivity index (χ2n) is 4.86. The topological polar surface area (TPSA) is 33.7 Å². The van der Waals surface area contributed by atoms with Gasteiger partial charge in [0.2, 0.25) is 0 Å². The summed E-state index contributed by atoms with van der Waals surface area (Å²) in [6.45, 7) is 7.46. The molecule has 0 aromatic rings. The highest BCUT2D eigenvalue weighted by atomic mass is 16.5. The number of ether oxygens (including phenoxy) is 2. The van der Waals surface area contributed by atoms with Crippen LogP contribution in [0.2, 0.25) is 0 Å². The van der Waals surface area contributed by atoms with Crippen molar-refractivity contribution < 1.29 is 9.47 Å². The first-order chi connectivity index (χ1) is 8.36. The molecule has 0 aromatic carbocycles. The van der Waals surface area contributed by atoms with E-state index in [0.29, 0.717) is 0 Å². The van der Waals surface area contributed by atoms with Gasteiger partial charge in [0, 0.05) is 27.3 Å². The lowest BCUT2D eigenvalue weighted by atomic mass is 9.99. The molecule has 0 amide bonds. The maximum absolute atomic E-state index is 5.25. The van der Waals surface area contributed by atoms with Crippen LogP contribution in [0.5, 0.6) is 0 Å². The Labute approximate surface area is 106 Å². The normalized spacial score (nSPS) is 21.9. The summed E-state index contributed by atoms with van der Waals surface area (Å²) in [5.74, 6) is 0.746. The molecule has 4 heteroatoms. The summed E-state index contributed by atoms with van der Waals surface area (Å²) in [5.41, 5.74) is 0. The molecule has 0 bridgehead atoms. The van der Waals surface area contributed by atoms with Crippen molar-refractivity contribution in [1.29, 1.82) is 0 Å². The first kappa shape index (κ1) is 14.9. The van der Waals surface area contributed by atoms with Gasteiger partial charge in [-0.05, 0) is 44.8 Å². The molecule has 0 radical (unpaired) electrons. The number of hydrogen-bond donors (Lipinski definition) is 1. The lowest BCUT2D eigenvalue weighted by Gasteiger charge is -2.32. The van der Waals surface area contributed by atoms with E-state index < -0.39 is 0 Å². The van der Waals surface area contributed by atoms with Crippen molar-refractivity contribution in [2.75, 3.05) is 60.2 Å². The highest BCUT2D eigenvalue weighted by Crippen LogP contribution is 2.16. The van der Waals surface area contributed by atoms with Gasteiger partial charge in [-0.3, -0.25) is 0 Å². The van der Waals surface area contributed by atoms with Crippen molar-refractivity contribution in [3.8, 4) is 0 Å². The van der Waals surface area contributed by atoms with Gasteiger partial charge in [0.25, 0.3) is 0 Å². The van der Waals surface area contributed by atoms with E-state index in [1.165, 1.54) is 38.9 Å². The van der Waals surface area contributed by atoms with E-state index in [4.69, 9.17) is 9.47 Å². The molecular weight excluding hydrogens is 216 g/mol. The largest absolute Gasteiger partial charge is 0.384 e. The van der Waals surface area contributed by atoms with Gasteiger partial charge < -0.3 is 19.7 Å². The van der Waals surface area contributed by atoms with Crippen molar-refractivity contribution in [3.63, 3.8) is 0 Å². The van der Waals surface area contributed by atoms with Crippen LogP contribution >= 0.6 is 0 Å². The average Bonchev–Trinajstić information content (AvgIpc) is 2.35. The van der Waals surface area contributed by atoms with E-state index >= 15 is 0 Å². The van der Waals surface area contributed by atoms with Gasteiger partial charge in [-0.25, -0.2) is 0 Å². The van der Waals surface area contributed by atoms with Crippen LogP contribution in [0.4, 0.5) is 0 Å². The lowest BCUT2D eigenvalue weighted by Crippen LogP contribution is -2.38. The fourth-order valence-electron chi connectivity index (χ4n) is 2.45. The molecule has 1 aliphatic heterocycles. The van der Waals surface area contributed by atoms with Crippen LogP contribution in [0, 0.1) is 5.92 Å². The Balaban J connectivity index is 1.98. The van der Waals surface area contributed by atoms with E-state index in [1.807, 2.05) is 0 Å². The number of nitrogens with one attached hydrogen (secondary N) is 1. The Morgan fingerprint density at radius 3 is 2.88 bits per heavy atom. The molecule has 1 N–H and O–H groups in total. The SMILES string of the molecule is COCCNCCCN1CCCC(COC)C1. The van der Waals surface area contributed by atoms with E-state index in [2.05, 4.69) is 10.2 Å². The Hall–Kier alpha value is -0.160. The summed E-state index contributed by atoms with van der Waals surface area (Å²) in [7, 11) is 3.55. The Morgan fingerprint density at radius 1 is 1.24 bits per heavy atom. The maximum Gasteiger partial charge on any atom is 0.0587 e. The number of methoxy groups -OCH3 is 2. The monoisotopic (exact) mass is 244 g/mol. The Morgan fingerprint density at radius 2 is 2.12 bits per heavy atom. The maximum atomic E-state index is 5.25. The molecular formula is C13H28N2O2. The smallest absolute Gasteiger partial charge is 0.0587 e. The van der Waals surface area contributed by atoms with E-state index in [9.17, 15) is 0 Å². The summed E-state index contributed by atoms with van der Waals surface area (Å²) in [4.78, 5) is 2.57. The molecule has 1 saturated heterocycles. The van der Waals surface area contributed by atoms with Crippen molar-refractivity contribution >= 4 is 0 Å². The first-order valence-electron chi connectivity index (χ1n) is 6.77. The molecule has 0 saturated carbocycles. The number of likely N-dealkylation sites (tertiary alicyclic amines) is 1. The molecule has 1 atom stereocenters. The number of nitrogens with zero attached hydrogens (tertiary/aromatic N) is 1. The summed E-state index contributed by atoms with van der Waals surface area (Å²) in [5, 5.41) is 3.39. The average molecular weight is 244 g/mol. The van der Waals surface area contributed by atoms with Crippen LogP contribution in [0.15, 0.2) is 0 Å². The predicted octanol–water partition coefficient (Wildman–Crippen LogP) is 0.971. The van der Waals surface area contributed by atoms with Crippen molar-refractivity contribution in [2.45, 2.75) is 19.3 Å². The molecule has 1 unspecified atom stereocenters. The van der Waals surface area contributed by atoms with Gasteiger partial charge in [-0.2, -0.15) is 0 Å². The van der Waals surface area contributed by atoms with Crippen LogP contribution < -0.4 is 5.32 Å². The fraction of sp³-hybridized carbons (Fsp3) is 1.00. The fourth-order valence-corrected chi connectivity index (χ4v) is 2.45. The lowest BCUT2D eigenvalue weighted by molar-refractivity contribution is 0.0900. The molecule has 17 heavy (non-hydrogen) atoms. The molecule has 1 heterocycles.